The molecule has 92 valence electrons. The molecular formula is C14H20N2O. The zero-order valence-corrected chi connectivity index (χ0v) is 10.7. The van der Waals surface area contributed by atoms with Crippen LogP contribution in [0.5, 0.6) is 0 Å². The first-order valence-electron chi connectivity index (χ1n) is 5.81. The standard InChI is InChI=1S/C14H20N2O/c1-4-10(2)14(17)16-11(3)13-7-5-6-12(8-13)9-15/h4-8,11H,9,15H2,1-3H3,(H,16,17)/b10-4+. The third kappa shape index (κ3) is 3.71. The highest BCUT2D eigenvalue weighted by Gasteiger charge is 2.10. The van der Waals surface area contributed by atoms with Gasteiger partial charge in [-0.05, 0) is 31.9 Å². The van der Waals surface area contributed by atoms with E-state index in [2.05, 4.69) is 5.32 Å². The molecule has 0 radical (unpaired) electrons. The van der Waals surface area contributed by atoms with Crippen LogP contribution in [0.3, 0.4) is 0 Å². The molecular weight excluding hydrogens is 212 g/mol. The average Bonchev–Trinajstić information content (AvgIpc) is 2.37. The number of hydrogen-bond acceptors (Lipinski definition) is 2. The summed E-state index contributed by atoms with van der Waals surface area (Å²) in [6, 6.07) is 7.95. The van der Waals surface area contributed by atoms with Gasteiger partial charge in [0.05, 0.1) is 6.04 Å². The first kappa shape index (κ1) is 13.5. The summed E-state index contributed by atoms with van der Waals surface area (Å²) >= 11 is 0. The molecule has 1 rings (SSSR count). The van der Waals surface area contributed by atoms with Crippen molar-refractivity contribution in [1.29, 1.82) is 0 Å². The summed E-state index contributed by atoms with van der Waals surface area (Å²) in [4.78, 5) is 11.7. The Morgan fingerprint density at radius 3 is 2.82 bits per heavy atom. The van der Waals surface area contributed by atoms with Gasteiger partial charge in [0.25, 0.3) is 0 Å². The number of benzene rings is 1. The Bertz CT molecular complexity index is 424. The van der Waals surface area contributed by atoms with Crippen LogP contribution in [0.4, 0.5) is 0 Å². The summed E-state index contributed by atoms with van der Waals surface area (Å²) in [5, 5.41) is 2.95. The third-order valence-corrected chi connectivity index (χ3v) is 2.83. The lowest BCUT2D eigenvalue weighted by atomic mass is 10.0. The topological polar surface area (TPSA) is 55.1 Å². The summed E-state index contributed by atoms with van der Waals surface area (Å²) < 4.78 is 0. The van der Waals surface area contributed by atoms with Crippen molar-refractivity contribution >= 4 is 5.91 Å². The Labute approximate surface area is 103 Å². The van der Waals surface area contributed by atoms with Gasteiger partial charge in [-0.2, -0.15) is 0 Å². The summed E-state index contributed by atoms with van der Waals surface area (Å²) in [6.07, 6.45) is 1.80. The number of nitrogens with two attached hydrogens (primary N) is 1. The number of allylic oxidation sites excluding steroid dienone is 1. The van der Waals surface area contributed by atoms with Gasteiger partial charge in [0.15, 0.2) is 0 Å². The molecule has 3 N–H and O–H groups in total. The Morgan fingerprint density at radius 1 is 1.53 bits per heavy atom. The minimum atomic E-state index is -0.0295. The van der Waals surface area contributed by atoms with Crippen molar-refractivity contribution in [1.82, 2.24) is 5.32 Å². The Hall–Kier alpha value is -1.61. The second-order valence-corrected chi connectivity index (χ2v) is 4.12. The lowest BCUT2D eigenvalue weighted by Crippen LogP contribution is -2.27. The van der Waals surface area contributed by atoms with Crippen LogP contribution in [-0.4, -0.2) is 5.91 Å². The first-order chi connectivity index (χ1) is 8.08. The van der Waals surface area contributed by atoms with Crippen LogP contribution < -0.4 is 11.1 Å². The van der Waals surface area contributed by atoms with Crippen LogP contribution in [0, 0.1) is 0 Å². The molecule has 0 bridgehead atoms. The maximum atomic E-state index is 11.7. The number of hydrogen-bond donors (Lipinski definition) is 2. The molecule has 1 aromatic rings. The molecule has 3 nitrogen and oxygen atoms in total. The molecule has 0 aliphatic rings. The molecule has 1 atom stereocenters. The summed E-state index contributed by atoms with van der Waals surface area (Å²) in [7, 11) is 0. The van der Waals surface area contributed by atoms with E-state index in [9.17, 15) is 4.79 Å². The monoisotopic (exact) mass is 232 g/mol. The predicted molar refractivity (Wildman–Crippen MR) is 70.3 cm³/mol. The lowest BCUT2D eigenvalue weighted by Gasteiger charge is -2.15. The van der Waals surface area contributed by atoms with Gasteiger partial charge in [-0.25, -0.2) is 0 Å². The second kappa shape index (κ2) is 6.21. The van der Waals surface area contributed by atoms with Gasteiger partial charge in [0.2, 0.25) is 5.91 Å². The lowest BCUT2D eigenvalue weighted by molar-refractivity contribution is -0.118. The number of amides is 1. The van der Waals surface area contributed by atoms with Crippen molar-refractivity contribution in [2.24, 2.45) is 5.73 Å². The highest BCUT2D eigenvalue weighted by molar-refractivity contribution is 5.92. The van der Waals surface area contributed by atoms with Crippen LogP contribution in [0.2, 0.25) is 0 Å². The predicted octanol–water partition coefficient (Wildman–Crippen LogP) is 2.29. The van der Waals surface area contributed by atoms with E-state index >= 15 is 0 Å². The summed E-state index contributed by atoms with van der Waals surface area (Å²) in [5.74, 6) is -0.0295. The fourth-order valence-electron chi connectivity index (χ4n) is 1.51. The molecule has 0 aliphatic carbocycles. The van der Waals surface area contributed by atoms with Crippen molar-refractivity contribution in [3.63, 3.8) is 0 Å². The smallest absolute Gasteiger partial charge is 0.247 e. The number of carbonyl (C=O) groups is 1. The van der Waals surface area contributed by atoms with E-state index in [0.29, 0.717) is 6.54 Å². The summed E-state index contributed by atoms with van der Waals surface area (Å²) in [5.41, 5.74) is 8.47. The molecule has 0 heterocycles. The Balaban J connectivity index is 2.76. The Morgan fingerprint density at radius 2 is 2.24 bits per heavy atom. The molecule has 3 heteroatoms. The molecule has 1 unspecified atom stereocenters. The molecule has 0 aromatic heterocycles. The van der Waals surface area contributed by atoms with Crippen molar-refractivity contribution in [3.05, 3.63) is 47.0 Å². The maximum absolute atomic E-state index is 11.7. The molecule has 1 aromatic carbocycles. The van der Waals surface area contributed by atoms with Gasteiger partial charge < -0.3 is 11.1 Å². The first-order valence-corrected chi connectivity index (χ1v) is 5.81. The third-order valence-electron chi connectivity index (χ3n) is 2.83. The average molecular weight is 232 g/mol. The van der Waals surface area contributed by atoms with Crippen LogP contribution in [-0.2, 0) is 11.3 Å². The highest BCUT2D eigenvalue weighted by atomic mass is 16.1. The molecule has 0 aliphatic heterocycles. The maximum Gasteiger partial charge on any atom is 0.247 e. The van der Waals surface area contributed by atoms with E-state index < -0.39 is 0 Å². The zero-order valence-electron chi connectivity index (χ0n) is 10.7. The van der Waals surface area contributed by atoms with Crippen molar-refractivity contribution in [3.8, 4) is 0 Å². The van der Waals surface area contributed by atoms with Crippen LogP contribution >= 0.6 is 0 Å². The van der Waals surface area contributed by atoms with E-state index in [1.807, 2.05) is 38.1 Å². The van der Waals surface area contributed by atoms with Gasteiger partial charge in [-0.1, -0.05) is 30.3 Å². The van der Waals surface area contributed by atoms with Gasteiger partial charge in [-0.3, -0.25) is 4.79 Å². The number of rotatable bonds is 4. The Kier molecular flexibility index (Phi) is 4.91. The van der Waals surface area contributed by atoms with E-state index in [0.717, 1.165) is 16.7 Å². The zero-order chi connectivity index (χ0) is 12.8. The van der Waals surface area contributed by atoms with Gasteiger partial charge in [0.1, 0.15) is 0 Å². The molecule has 0 saturated carbocycles. The van der Waals surface area contributed by atoms with Crippen LogP contribution in [0.1, 0.15) is 37.9 Å². The minimum absolute atomic E-state index is 0.0103. The molecule has 1 amide bonds. The van der Waals surface area contributed by atoms with E-state index in [-0.39, 0.29) is 11.9 Å². The quantitative estimate of drug-likeness (QED) is 0.782. The second-order valence-electron chi connectivity index (χ2n) is 4.12. The minimum Gasteiger partial charge on any atom is -0.346 e. The van der Waals surface area contributed by atoms with Crippen LogP contribution in [0.15, 0.2) is 35.9 Å². The van der Waals surface area contributed by atoms with Gasteiger partial charge in [0, 0.05) is 12.1 Å². The SMILES string of the molecule is C/C=C(\C)C(=O)NC(C)c1cccc(CN)c1. The fraction of sp³-hybridized carbons (Fsp3) is 0.357. The van der Waals surface area contributed by atoms with E-state index in [1.54, 1.807) is 13.0 Å². The number of nitrogens with one attached hydrogen (secondary N) is 1. The molecule has 0 saturated heterocycles. The molecule has 17 heavy (non-hydrogen) atoms. The largest absolute Gasteiger partial charge is 0.346 e. The van der Waals surface area contributed by atoms with Crippen molar-refractivity contribution in [2.45, 2.75) is 33.4 Å². The summed E-state index contributed by atoms with van der Waals surface area (Å²) in [6.45, 7) is 6.14. The fourth-order valence-corrected chi connectivity index (χ4v) is 1.51. The molecule has 0 spiro atoms. The van der Waals surface area contributed by atoms with Crippen molar-refractivity contribution in [2.75, 3.05) is 0 Å². The van der Waals surface area contributed by atoms with Gasteiger partial charge in [-0.15, -0.1) is 0 Å². The van der Waals surface area contributed by atoms with Crippen LogP contribution in [0.25, 0.3) is 0 Å². The van der Waals surface area contributed by atoms with Crippen molar-refractivity contribution < 1.29 is 4.79 Å². The highest BCUT2D eigenvalue weighted by Crippen LogP contribution is 2.14. The number of carbonyl (C=O) groups excluding carboxylic acids is 1. The van der Waals surface area contributed by atoms with Gasteiger partial charge >= 0.3 is 0 Å². The normalized spacial score (nSPS) is 13.3. The van der Waals surface area contributed by atoms with E-state index in [4.69, 9.17) is 5.73 Å². The molecule has 0 fully saturated rings. The van der Waals surface area contributed by atoms with E-state index in [1.165, 1.54) is 0 Å².